The number of nitrogens with zero attached hydrogens (tertiary/aromatic N) is 2. The minimum absolute atomic E-state index is 0.133. The van der Waals surface area contributed by atoms with E-state index in [0.29, 0.717) is 30.7 Å². The lowest BCUT2D eigenvalue weighted by molar-refractivity contribution is -0.137. The Morgan fingerprint density at radius 3 is 2.78 bits per heavy atom. The smallest absolute Gasteiger partial charge is 0.303 e. The van der Waals surface area contributed by atoms with Crippen LogP contribution in [0, 0.1) is 0 Å². The lowest BCUT2D eigenvalue weighted by atomic mass is 10.1. The van der Waals surface area contributed by atoms with Gasteiger partial charge in [0, 0.05) is 25.9 Å². The number of aliphatic carboxylic acids is 1. The van der Waals surface area contributed by atoms with Gasteiger partial charge in [0.15, 0.2) is 0 Å². The lowest BCUT2D eigenvalue weighted by Crippen LogP contribution is -2.06. The molecule has 2 heterocycles. The van der Waals surface area contributed by atoms with Gasteiger partial charge < -0.3 is 14.3 Å². The molecule has 0 saturated carbocycles. The van der Waals surface area contributed by atoms with Crippen molar-refractivity contribution in [2.75, 3.05) is 6.61 Å². The first-order valence-electron chi connectivity index (χ1n) is 6.38. The van der Waals surface area contributed by atoms with Crippen LogP contribution in [0.5, 0.6) is 0 Å². The molecule has 6 nitrogen and oxygen atoms in total. The molecule has 1 N–H and O–H groups in total. The number of hydrogen-bond acceptors (Lipinski definition) is 5. The van der Waals surface area contributed by atoms with E-state index in [-0.39, 0.29) is 6.42 Å². The van der Waals surface area contributed by atoms with E-state index in [1.54, 1.807) is 0 Å². The van der Waals surface area contributed by atoms with Gasteiger partial charge in [-0.15, -0.1) is 10.2 Å². The molecule has 1 atom stereocenters. The fourth-order valence-corrected chi connectivity index (χ4v) is 2.04. The van der Waals surface area contributed by atoms with Crippen LogP contribution in [0.1, 0.15) is 43.9 Å². The summed E-state index contributed by atoms with van der Waals surface area (Å²) in [6, 6.07) is 0. The SMILES string of the molecule is O=C(O)CCCc1nnc(CCC2CCCO2)o1. The third kappa shape index (κ3) is 4.10. The average Bonchev–Trinajstić information content (AvgIpc) is 2.96. The van der Waals surface area contributed by atoms with Crippen LogP contribution in [0.2, 0.25) is 0 Å². The first-order chi connectivity index (χ1) is 8.74. The summed E-state index contributed by atoms with van der Waals surface area (Å²) in [5.74, 6) is 0.350. The quantitative estimate of drug-likeness (QED) is 0.795. The molecule has 1 aliphatic rings. The Morgan fingerprint density at radius 1 is 1.33 bits per heavy atom. The van der Waals surface area contributed by atoms with Gasteiger partial charge in [-0.2, -0.15) is 0 Å². The Hall–Kier alpha value is -1.43. The highest BCUT2D eigenvalue weighted by Crippen LogP contribution is 2.17. The van der Waals surface area contributed by atoms with Crippen molar-refractivity contribution in [3.63, 3.8) is 0 Å². The number of hydrogen-bond donors (Lipinski definition) is 1. The van der Waals surface area contributed by atoms with Gasteiger partial charge in [0.25, 0.3) is 0 Å². The fraction of sp³-hybridized carbons (Fsp3) is 0.750. The topological polar surface area (TPSA) is 85.5 Å². The second-order valence-electron chi connectivity index (χ2n) is 4.51. The zero-order valence-corrected chi connectivity index (χ0v) is 10.3. The Bertz CT molecular complexity index is 385. The molecule has 2 rings (SSSR count). The predicted octanol–water partition coefficient (Wildman–Crippen LogP) is 1.59. The molecular formula is C12H18N2O4. The lowest BCUT2D eigenvalue weighted by Gasteiger charge is -2.05. The van der Waals surface area contributed by atoms with Crippen molar-refractivity contribution in [1.29, 1.82) is 0 Å². The molecule has 6 heteroatoms. The van der Waals surface area contributed by atoms with Gasteiger partial charge in [-0.3, -0.25) is 4.79 Å². The number of ether oxygens (including phenoxy) is 1. The second-order valence-corrected chi connectivity index (χ2v) is 4.51. The largest absolute Gasteiger partial charge is 0.481 e. The number of aryl methyl sites for hydroxylation is 2. The molecule has 1 saturated heterocycles. The molecule has 1 fully saturated rings. The molecule has 0 bridgehead atoms. The molecule has 100 valence electrons. The van der Waals surface area contributed by atoms with E-state index in [2.05, 4.69) is 10.2 Å². The molecule has 0 aromatic carbocycles. The highest BCUT2D eigenvalue weighted by Gasteiger charge is 2.16. The molecule has 0 amide bonds. The minimum atomic E-state index is -0.798. The Morgan fingerprint density at radius 2 is 2.11 bits per heavy atom. The number of carboxylic acid groups (broad SMARTS) is 1. The first kappa shape index (κ1) is 13.0. The third-order valence-corrected chi connectivity index (χ3v) is 2.99. The highest BCUT2D eigenvalue weighted by molar-refractivity contribution is 5.66. The standard InChI is InChI=1S/C12H18N2O4/c15-12(16)5-1-4-10-13-14-11(18-10)7-6-9-3-2-8-17-9/h9H,1-8H2,(H,15,16). The van der Waals surface area contributed by atoms with Crippen LogP contribution in [0.15, 0.2) is 4.42 Å². The van der Waals surface area contributed by atoms with E-state index in [1.165, 1.54) is 0 Å². The third-order valence-electron chi connectivity index (χ3n) is 2.99. The van der Waals surface area contributed by atoms with Gasteiger partial charge in [-0.05, 0) is 25.7 Å². The second kappa shape index (κ2) is 6.49. The van der Waals surface area contributed by atoms with Crippen LogP contribution in [-0.2, 0) is 22.4 Å². The number of carboxylic acids is 1. The molecule has 1 aromatic heterocycles. The summed E-state index contributed by atoms with van der Waals surface area (Å²) < 4.78 is 11.0. The van der Waals surface area contributed by atoms with E-state index in [1.807, 2.05) is 0 Å². The molecule has 0 aliphatic carbocycles. The van der Waals surface area contributed by atoms with E-state index in [0.717, 1.165) is 32.3 Å². The number of rotatable bonds is 7. The average molecular weight is 254 g/mol. The maximum absolute atomic E-state index is 10.4. The summed E-state index contributed by atoms with van der Waals surface area (Å²) in [5, 5.41) is 16.4. The van der Waals surface area contributed by atoms with Crippen molar-refractivity contribution in [2.24, 2.45) is 0 Å². The summed E-state index contributed by atoms with van der Waals surface area (Å²) in [6.07, 6.45) is 5.41. The molecule has 18 heavy (non-hydrogen) atoms. The molecule has 0 radical (unpaired) electrons. The van der Waals surface area contributed by atoms with Crippen LogP contribution < -0.4 is 0 Å². The van der Waals surface area contributed by atoms with Crippen LogP contribution >= 0.6 is 0 Å². The van der Waals surface area contributed by atoms with Crippen molar-refractivity contribution in [3.05, 3.63) is 11.8 Å². The maximum Gasteiger partial charge on any atom is 0.303 e. The van der Waals surface area contributed by atoms with Crippen molar-refractivity contribution in [1.82, 2.24) is 10.2 Å². The van der Waals surface area contributed by atoms with Crippen LogP contribution in [0.25, 0.3) is 0 Å². The Balaban J connectivity index is 1.70. The normalized spacial score (nSPS) is 19.2. The Labute approximate surface area is 105 Å². The van der Waals surface area contributed by atoms with Gasteiger partial charge in [0.1, 0.15) is 0 Å². The number of carbonyl (C=O) groups is 1. The van der Waals surface area contributed by atoms with Gasteiger partial charge >= 0.3 is 5.97 Å². The van der Waals surface area contributed by atoms with E-state index >= 15 is 0 Å². The summed E-state index contributed by atoms with van der Waals surface area (Å²) in [6.45, 7) is 0.856. The van der Waals surface area contributed by atoms with Gasteiger partial charge in [0.2, 0.25) is 11.8 Å². The van der Waals surface area contributed by atoms with Crippen LogP contribution in [0.4, 0.5) is 0 Å². The maximum atomic E-state index is 10.4. The van der Waals surface area contributed by atoms with E-state index in [4.69, 9.17) is 14.3 Å². The monoisotopic (exact) mass is 254 g/mol. The van der Waals surface area contributed by atoms with E-state index < -0.39 is 5.97 Å². The predicted molar refractivity (Wildman–Crippen MR) is 62.2 cm³/mol. The zero-order valence-electron chi connectivity index (χ0n) is 10.3. The fourth-order valence-electron chi connectivity index (χ4n) is 2.04. The van der Waals surface area contributed by atoms with Crippen molar-refractivity contribution in [2.45, 2.75) is 51.0 Å². The first-order valence-corrected chi connectivity index (χ1v) is 6.38. The number of aromatic nitrogens is 2. The molecule has 1 aliphatic heterocycles. The summed E-state index contributed by atoms with van der Waals surface area (Å²) in [4.78, 5) is 10.4. The highest BCUT2D eigenvalue weighted by atomic mass is 16.5. The van der Waals surface area contributed by atoms with Crippen molar-refractivity contribution in [3.8, 4) is 0 Å². The molecular weight excluding hydrogens is 236 g/mol. The van der Waals surface area contributed by atoms with Crippen LogP contribution in [-0.4, -0.2) is 34.0 Å². The van der Waals surface area contributed by atoms with Crippen LogP contribution in [0.3, 0.4) is 0 Å². The van der Waals surface area contributed by atoms with Gasteiger partial charge in [-0.25, -0.2) is 0 Å². The van der Waals surface area contributed by atoms with E-state index in [9.17, 15) is 4.79 Å². The minimum Gasteiger partial charge on any atom is -0.481 e. The van der Waals surface area contributed by atoms with Gasteiger partial charge in [-0.1, -0.05) is 0 Å². The summed E-state index contributed by atoms with van der Waals surface area (Å²) >= 11 is 0. The van der Waals surface area contributed by atoms with Crippen molar-refractivity contribution >= 4 is 5.97 Å². The summed E-state index contributed by atoms with van der Waals surface area (Å²) in [7, 11) is 0. The molecule has 1 unspecified atom stereocenters. The Kier molecular flexibility index (Phi) is 4.69. The van der Waals surface area contributed by atoms with Gasteiger partial charge in [0.05, 0.1) is 6.10 Å². The molecule has 1 aromatic rings. The summed E-state index contributed by atoms with van der Waals surface area (Å²) in [5.41, 5.74) is 0. The molecule has 0 spiro atoms. The van der Waals surface area contributed by atoms with Crippen molar-refractivity contribution < 1.29 is 19.1 Å². The zero-order chi connectivity index (χ0) is 12.8.